The maximum atomic E-state index is 12.9. The Kier molecular flexibility index (Phi) is 7.77. The standard InChI is InChI=1S/C31H38N4O2/c1-2-3-23-37-31(25-9-5-4-6-10-25)17-19-34(20-18-31)21-22-35-28-12-8-7-11-27(28)30(36)33-29(35)24-13-15-26(32)16-14-24/h4-16,29H,2-3,17-23,32H2,1H3,(H,33,36). The van der Waals surface area contributed by atoms with E-state index in [1.807, 2.05) is 42.5 Å². The number of amides is 1. The Morgan fingerprint density at radius 1 is 0.946 bits per heavy atom. The number of fused-ring (bicyclic) bond motifs is 1. The Bertz CT molecular complexity index is 1170. The molecule has 0 saturated carbocycles. The molecule has 1 atom stereocenters. The van der Waals surface area contributed by atoms with Gasteiger partial charge in [0.05, 0.1) is 16.9 Å². The van der Waals surface area contributed by atoms with E-state index in [1.54, 1.807) is 0 Å². The van der Waals surface area contributed by atoms with Crippen molar-refractivity contribution < 1.29 is 9.53 Å². The maximum Gasteiger partial charge on any atom is 0.255 e. The van der Waals surface area contributed by atoms with Crippen molar-refractivity contribution in [1.82, 2.24) is 10.2 Å². The fourth-order valence-electron chi connectivity index (χ4n) is 5.58. The summed E-state index contributed by atoms with van der Waals surface area (Å²) in [5, 5.41) is 3.22. The van der Waals surface area contributed by atoms with Crippen LogP contribution in [0.1, 0.15) is 60.3 Å². The lowest BCUT2D eigenvalue weighted by molar-refractivity contribution is -0.0904. The zero-order valence-corrected chi connectivity index (χ0v) is 21.7. The van der Waals surface area contributed by atoms with Crippen molar-refractivity contribution in [3.05, 3.63) is 95.6 Å². The van der Waals surface area contributed by atoms with Crippen LogP contribution >= 0.6 is 0 Å². The number of piperidine rings is 1. The lowest BCUT2D eigenvalue weighted by atomic mass is 9.84. The minimum atomic E-state index is -0.228. The number of hydrogen-bond donors (Lipinski definition) is 2. The molecule has 0 aromatic heterocycles. The van der Waals surface area contributed by atoms with E-state index in [2.05, 4.69) is 58.4 Å². The smallest absolute Gasteiger partial charge is 0.255 e. The Morgan fingerprint density at radius 3 is 2.38 bits per heavy atom. The molecule has 1 saturated heterocycles. The summed E-state index contributed by atoms with van der Waals surface area (Å²) in [6, 6.07) is 26.4. The fraction of sp³-hybridized carbons (Fsp3) is 0.387. The molecule has 1 fully saturated rings. The molecule has 0 radical (unpaired) electrons. The van der Waals surface area contributed by atoms with Crippen LogP contribution in [0.4, 0.5) is 11.4 Å². The van der Waals surface area contributed by atoms with Gasteiger partial charge < -0.3 is 25.6 Å². The van der Waals surface area contributed by atoms with Crippen molar-refractivity contribution >= 4 is 17.3 Å². The van der Waals surface area contributed by atoms with Gasteiger partial charge in [-0.2, -0.15) is 0 Å². The van der Waals surface area contributed by atoms with Gasteiger partial charge in [0.25, 0.3) is 5.91 Å². The highest BCUT2D eigenvalue weighted by molar-refractivity contribution is 6.02. The third-order valence-electron chi connectivity index (χ3n) is 7.79. The van der Waals surface area contributed by atoms with Gasteiger partial charge in [0.2, 0.25) is 0 Å². The molecule has 6 heteroatoms. The van der Waals surface area contributed by atoms with E-state index in [0.717, 1.165) is 75.3 Å². The van der Waals surface area contributed by atoms with Crippen LogP contribution in [0.15, 0.2) is 78.9 Å². The van der Waals surface area contributed by atoms with E-state index in [0.29, 0.717) is 5.69 Å². The van der Waals surface area contributed by atoms with Crippen LogP contribution in [-0.2, 0) is 10.3 Å². The number of carbonyl (C=O) groups excluding carboxylic acids is 1. The summed E-state index contributed by atoms with van der Waals surface area (Å²) in [4.78, 5) is 17.8. The summed E-state index contributed by atoms with van der Waals surface area (Å²) in [5.74, 6) is -0.0384. The van der Waals surface area contributed by atoms with Crippen LogP contribution in [0.2, 0.25) is 0 Å². The Hall–Kier alpha value is -3.35. The second-order valence-corrected chi connectivity index (χ2v) is 10.2. The number of likely N-dealkylation sites (tertiary alicyclic amines) is 1. The monoisotopic (exact) mass is 498 g/mol. The van der Waals surface area contributed by atoms with Gasteiger partial charge in [-0.15, -0.1) is 0 Å². The number of carbonyl (C=O) groups is 1. The minimum absolute atomic E-state index is 0.0384. The molecule has 0 bridgehead atoms. The summed E-state index contributed by atoms with van der Waals surface area (Å²) < 4.78 is 6.59. The van der Waals surface area contributed by atoms with E-state index >= 15 is 0 Å². The first kappa shape index (κ1) is 25.3. The molecule has 37 heavy (non-hydrogen) atoms. The second-order valence-electron chi connectivity index (χ2n) is 10.2. The summed E-state index contributed by atoms with van der Waals surface area (Å²) >= 11 is 0. The summed E-state index contributed by atoms with van der Waals surface area (Å²) in [6.45, 7) is 6.70. The normalized spacial score (nSPS) is 19.3. The molecular formula is C31H38N4O2. The van der Waals surface area contributed by atoms with Crippen molar-refractivity contribution in [2.45, 2.75) is 44.4 Å². The molecule has 6 nitrogen and oxygen atoms in total. The first-order valence-corrected chi connectivity index (χ1v) is 13.5. The van der Waals surface area contributed by atoms with Crippen LogP contribution in [0.25, 0.3) is 0 Å². The number of nitrogens with zero attached hydrogens (tertiary/aromatic N) is 2. The minimum Gasteiger partial charge on any atom is -0.399 e. The molecule has 194 valence electrons. The number of hydrogen-bond acceptors (Lipinski definition) is 5. The second kappa shape index (κ2) is 11.4. The van der Waals surface area contributed by atoms with Crippen molar-refractivity contribution in [2.75, 3.05) is 43.4 Å². The van der Waals surface area contributed by atoms with Crippen LogP contribution in [-0.4, -0.2) is 43.6 Å². The van der Waals surface area contributed by atoms with Gasteiger partial charge in [0.15, 0.2) is 0 Å². The number of nitrogens with one attached hydrogen (secondary N) is 1. The molecule has 2 aliphatic heterocycles. The fourth-order valence-corrected chi connectivity index (χ4v) is 5.58. The third-order valence-corrected chi connectivity index (χ3v) is 7.79. The number of nitrogen functional groups attached to an aromatic ring is 1. The topological polar surface area (TPSA) is 70.8 Å². The van der Waals surface area contributed by atoms with Crippen LogP contribution in [0.5, 0.6) is 0 Å². The zero-order chi connectivity index (χ0) is 25.7. The number of anilines is 2. The van der Waals surface area contributed by atoms with Gasteiger partial charge in [-0.1, -0.05) is 67.9 Å². The van der Waals surface area contributed by atoms with E-state index in [-0.39, 0.29) is 17.7 Å². The average Bonchev–Trinajstić information content (AvgIpc) is 2.94. The van der Waals surface area contributed by atoms with Gasteiger partial charge in [-0.25, -0.2) is 0 Å². The van der Waals surface area contributed by atoms with Crippen LogP contribution in [0.3, 0.4) is 0 Å². The highest BCUT2D eigenvalue weighted by Gasteiger charge is 2.38. The number of rotatable bonds is 9. The van der Waals surface area contributed by atoms with Crippen molar-refractivity contribution in [2.24, 2.45) is 0 Å². The molecule has 5 rings (SSSR count). The number of nitrogens with two attached hydrogens (primary N) is 1. The maximum absolute atomic E-state index is 12.9. The number of unbranched alkanes of at least 4 members (excludes halogenated alkanes) is 1. The van der Waals surface area contributed by atoms with Crippen molar-refractivity contribution in [3.8, 4) is 0 Å². The quantitative estimate of drug-likeness (QED) is 0.308. The lowest BCUT2D eigenvalue weighted by Gasteiger charge is -2.44. The highest BCUT2D eigenvalue weighted by Crippen LogP contribution is 2.38. The van der Waals surface area contributed by atoms with E-state index in [4.69, 9.17) is 10.5 Å². The Morgan fingerprint density at radius 2 is 1.65 bits per heavy atom. The summed E-state index contributed by atoms with van der Waals surface area (Å²) in [5.41, 5.74) is 10.5. The van der Waals surface area contributed by atoms with Gasteiger partial charge in [-0.05, 0) is 54.7 Å². The molecule has 2 aliphatic rings. The van der Waals surface area contributed by atoms with Crippen LogP contribution < -0.4 is 16.0 Å². The van der Waals surface area contributed by atoms with Crippen molar-refractivity contribution in [3.63, 3.8) is 0 Å². The SMILES string of the molecule is CCCCOC1(c2ccccc2)CCN(CCN2c3ccccc3C(=O)NC2c2ccc(N)cc2)CC1. The summed E-state index contributed by atoms with van der Waals surface area (Å²) in [6.07, 6.45) is 3.96. The molecule has 0 aliphatic carbocycles. The van der Waals surface area contributed by atoms with Gasteiger partial charge in [-0.3, -0.25) is 4.79 Å². The molecule has 3 aromatic carbocycles. The molecule has 3 aromatic rings. The van der Waals surface area contributed by atoms with Crippen molar-refractivity contribution in [1.29, 1.82) is 0 Å². The van der Waals surface area contributed by atoms with Gasteiger partial charge >= 0.3 is 0 Å². The average molecular weight is 499 g/mol. The largest absolute Gasteiger partial charge is 0.399 e. The summed E-state index contributed by atoms with van der Waals surface area (Å²) in [7, 11) is 0. The highest BCUT2D eigenvalue weighted by atomic mass is 16.5. The molecule has 2 heterocycles. The van der Waals surface area contributed by atoms with E-state index < -0.39 is 0 Å². The molecular weight excluding hydrogens is 460 g/mol. The third kappa shape index (κ3) is 5.50. The van der Waals surface area contributed by atoms with Crippen LogP contribution in [0, 0.1) is 0 Å². The van der Waals surface area contributed by atoms with Gasteiger partial charge in [0, 0.05) is 38.5 Å². The lowest BCUT2D eigenvalue weighted by Crippen LogP contribution is -2.51. The zero-order valence-electron chi connectivity index (χ0n) is 21.7. The number of ether oxygens (including phenoxy) is 1. The first-order valence-electron chi connectivity index (χ1n) is 13.5. The van der Waals surface area contributed by atoms with E-state index in [1.165, 1.54) is 5.56 Å². The Labute approximate surface area is 220 Å². The molecule has 1 amide bonds. The molecule has 3 N–H and O–H groups in total. The van der Waals surface area contributed by atoms with E-state index in [9.17, 15) is 4.79 Å². The first-order chi connectivity index (χ1) is 18.1. The predicted octanol–water partition coefficient (Wildman–Crippen LogP) is 5.33. The molecule has 1 unspecified atom stereocenters. The Balaban J connectivity index is 1.31. The molecule has 0 spiro atoms. The predicted molar refractivity (Wildman–Crippen MR) is 150 cm³/mol. The van der Waals surface area contributed by atoms with Gasteiger partial charge in [0.1, 0.15) is 6.17 Å². The number of benzene rings is 3. The number of para-hydroxylation sites is 1.